The fourth-order valence-corrected chi connectivity index (χ4v) is 13.1. The molecule has 0 bridgehead atoms. The van der Waals surface area contributed by atoms with E-state index in [-0.39, 0.29) is 83.3 Å². The molecule has 4 aliphatic heterocycles. The lowest BCUT2D eigenvalue weighted by molar-refractivity contribution is -0.138. The number of hydrogen-bond donors (Lipinski definition) is 12. The topological polar surface area (TPSA) is 509 Å². The van der Waals surface area contributed by atoms with Gasteiger partial charge in [0.15, 0.2) is 46.9 Å². The summed E-state index contributed by atoms with van der Waals surface area (Å²) in [4.78, 5) is 108. The number of aromatic hydroxyl groups is 4. The van der Waals surface area contributed by atoms with Crippen molar-refractivity contribution in [3.05, 3.63) is 144 Å². The maximum absolute atomic E-state index is 11.0. The summed E-state index contributed by atoms with van der Waals surface area (Å²) >= 11 is 23.5. The summed E-state index contributed by atoms with van der Waals surface area (Å²) < 4.78 is 10.4. The maximum atomic E-state index is 11.0. The zero-order chi connectivity index (χ0) is 74.7. The van der Waals surface area contributed by atoms with E-state index in [2.05, 4.69) is 60.2 Å². The van der Waals surface area contributed by atoms with Crippen LogP contribution in [0.15, 0.2) is 145 Å². The van der Waals surface area contributed by atoms with Crippen LogP contribution in [0.3, 0.4) is 0 Å². The zero-order valence-electron chi connectivity index (χ0n) is 55.2. The number of carbonyl (C=O) groups is 6. The molecule has 0 amide bonds. The predicted octanol–water partition coefficient (Wildman–Crippen LogP) is 10.5. The Balaban J connectivity index is 0.000000617. The Labute approximate surface area is 669 Å². The van der Waals surface area contributed by atoms with Gasteiger partial charge in [-0.15, -0.1) is 120 Å². The Hall–Kier alpha value is -7.50. The lowest BCUT2D eigenvalue weighted by atomic mass is 10.2. The number of halogens is 7. The lowest BCUT2D eigenvalue weighted by Gasteiger charge is -2.11. The number of nitrogens with one attached hydrogen (secondary N) is 1. The molecule has 13 N–H and O–H groups in total. The molecule has 0 saturated carbocycles. The third-order valence-corrected chi connectivity index (χ3v) is 18.5. The first-order valence-electron chi connectivity index (χ1n) is 29.3. The highest BCUT2D eigenvalue weighted by Crippen LogP contribution is 2.28. The van der Waals surface area contributed by atoms with Crippen LogP contribution in [0.1, 0.15) is 22.8 Å². The molecule has 12 heterocycles. The number of fused-ring (bicyclic) bond motifs is 2. The number of pyridine rings is 6. The summed E-state index contributed by atoms with van der Waals surface area (Å²) in [5, 5.41) is 96.3. The monoisotopic (exact) mass is 1720 g/mol. The quantitative estimate of drug-likeness (QED) is 0.0315. The molecule has 44 heteroatoms. The number of furan rings is 1. The van der Waals surface area contributed by atoms with E-state index >= 15 is 0 Å². The summed E-state index contributed by atoms with van der Waals surface area (Å²) in [6, 6.07) is 17.6. The molecule has 12 rings (SSSR count). The number of carboxylic acids is 6. The number of oxazole rings is 1. The van der Waals surface area contributed by atoms with Crippen LogP contribution in [0.2, 0.25) is 5.35 Å². The van der Waals surface area contributed by atoms with Gasteiger partial charge in [-0.2, -0.15) is 28.5 Å². The molecular weight excluding hydrogens is 1660 g/mol. The second-order valence-electron chi connectivity index (χ2n) is 20.1. The Bertz CT molecular complexity index is 3840. The molecule has 576 valence electrons. The molecule has 8 aromatic rings. The van der Waals surface area contributed by atoms with Crippen LogP contribution in [0.25, 0.3) is 22.3 Å². The van der Waals surface area contributed by atoms with Crippen LogP contribution in [0.5, 0.6) is 23.0 Å². The van der Waals surface area contributed by atoms with E-state index in [4.69, 9.17) is 80.0 Å². The van der Waals surface area contributed by atoms with Gasteiger partial charge in [0, 0.05) is 103 Å². The number of anilines is 1. The summed E-state index contributed by atoms with van der Waals surface area (Å²) in [6.07, 6.45) is 14.9. The number of aliphatic imine (C=N–C) groups is 4. The molecule has 4 aliphatic rings. The molecular formula is C62H70Cl7N13O18S6. The van der Waals surface area contributed by atoms with Crippen LogP contribution < -0.4 is 11.1 Å². The molecule has 0 saturated heterocycles. The second kappa shape index (κ2) is 51.7. The van der Waals surface area contributed by atoms with Crippen molar-refractivity contribution in [2.24, 2.45) is 25.7 Å². The summed E-state index contributed by atoms with van der Waals surface area (Å²) in [7, 11) is 0. The van der Waals surface area contributed by atoms with E-state index in [0.29, 0.717) is 131 Å². The van der Waals surface area contributed by atoms with E-state index in [0.717, 1.165) is 0 Å². The number of rotatable bonds is 20. The van der Waals surface area contributed by atoms with Crippen molar-refractivity contribution < 1.29 is 88.7 Å². The lowest BCUT2D eigenvalue weighted by Crippen LogP contribution is -2.32. The van der Waals surface area contributed by atoms with Crippen molar-refractivity contribution in [1.82, 2.24) is 34.9 Å². The highest BCUT2D eigenvalue weighted by molar-refractivity contribution is 8.15. The third kappa shape index (κ3) is 34.2. The van der Waals surface area contributed by atoms with Gasteiger partial charge in [-0.25, -0.2) is 29.0 Å². The zero-order valence-corrected chi connectivity index (χ0v) is 65.6. The first-order valence-corrected chi connectivity index (χ1v) is 37.5. The van der Waals surface area contributed by atoms with Gasteiger partial charge in [0.05, 0.1) is 48.3 Å². The number of aliphatic carboxylic acids is 6. The molecule has 2 unspecified atom stereocenters. The molecule has 8 aromatic heterocycles. The van der Waals surface area contributed by atoms with E-state index < -0.39 is 72.1 Å². The van der Waals surface area contributed by atoms with Gasteiger partial charge >= 0.3 is 35.8 Å². The first-order chi connectivity index (χ1) is 48.8. The molecule has 106 heavy (non-hydrogen) atoms. The van der Waals surface area contributed by atoms with E-state index in [1.165, 1.54) is 70.6 Å². The second-order valence-corrected chi connectivity index (χ2v) is 27.4. The minimum absolute atomic E-state index is 0. The number of nitrogens with zero attached hydrogens (tertiary/aromatic N) is 11. The first kappa shape index (κ1) is 96.5. The standard InChI is InChI=1S/C11H12N2O3S.4C10H10N2O3S.C6H3ClN2O.C4H9NO2S.CH2Cl2.4ClH/c1-17-6-8(11(14)15)13-10-5-7-9(16-10)3-2-4-12-7;4*13-8-2-1-3-11-6(8)4-9-12-7(5-16-9)10(14)15;7-6-9-5-4(10-6)2-1-3-8-5;1-8-2-3(5)4(6)7;2-1-3;;;;/h2-5,8,13H,6H2,1H3,(H,14,15);4*1-3,7,13H,4-5H2,(H,14,15);1-3H;3H,2,5H2,1H3,(H,6,7);1H2;4*1H/t;4*7-;;;;;;;/m.1100......./s1. The average Bonchev–Trinajstić information content (AvgIpc) is 1.71. The van der Waals surface area contributed by atoms with Gasteiger partial charge in [-0.1, -0.05) is 0 Å². The fourth-order valence-electron chi connectivity index (χ4n) is 7.87. The smallest absolute Gasteiger partial charge is 0.329 e. The Kier molecular flexibility index (Phi) is 47.1. The minimum atomic E-state index is -0.931. The average molecular weight is 1730 g/mol. The van der Waals surface area contributed by atoms with E-state index in [9.17, 15) is 49.2 Å². The third-order valence-electron chi connectivity index (χ3n) is 12.7. The highest BCUT2D eigenvalue weighted by Gasteiger charge is 2.29. The molecule has 31 nitrogen and oxygen atoms in total. The Morgan fingerprint density at radius 1 is 0.500 bits per heavy atom. The maximum Gasteiger partial charge on any atom is 0.329 e. The normalized spacial score (nSPS) is 15.9. The van der Waals surface area contributed by atoms with Crippen molar-refractivity contribution >= 4 is 239 Å². The number of hydrogen-bond acceptors (Lipinski definition) is 31. The van der Waals surface area contributed by atoms with Crippen LogP contribution >= 0.6 is 155 Å². The number of alkyl halides is 2. The van der Waals surface area contributed by atoms with Gasteiger partial charge < -0.3 is 71.0 Å². The molecule has 0 aliphatic carbocycles. The van der Waals surface area contributed by atoms with Gasteiger partial charge in [-0.3, -0.25) is 49.7 Å². The number of thioether (sulfide) groups is 6. The number of carboxylic acid groups (broad SMARTS) is 6. The van der Waals surface area contributed by atoms with E-state index in [1.54, 1.807) is 116 Å². The van der Waals surface area contributed by atoms with Crippen molar-refractivity contribution in [3.8, 4) is 23.0 Å². The largest absolute Gasteiger partial charge is 0.506 e. The van der Waals surface area contributed by atoms with Gasteiger partial charge in [0.25, 0.3) is 5.35 Å². The summed E-state index contributed by atoms with van der Waals surface area (Å²) in [5.74, 6) is -1.79. The summed E-state index contributed by atoms with van der Waals surface area (Å²) in [5.41, 5.74) is 9.74. The van der Waals surface area contributed by atoms with Crippen molar-refractivity contribution in [2.45, 2.75) is 61.9 Å². The fraction of sp³-hybridized carbons (Fsp3) is 0.306. The predicted molar refractivity (Wildman–Crippen MR) is 428 cm³/mol. The Morgan fingerprint density at radius 3 is 1.09 bits per heavy atom. The van der Waals surface area contributed by atoms with Crippen molar-refractivity contribution in [2.75, 3.05) is 57.7 Å². The minimum Gasteiger partial charge on any atom is -0.506 e. The van der Waals surface area contributed by atoms with Crippen molar-refractivity contribution in [1.29, 1.82) is 0 Å². The van der Waals surface area contributed by atoms with Crippen LogP contribution in [0.4, 0.5) is 5.88 Å². The van der Waals surface area contributed by atoms with Gasteiger partial charge in [0.2, 0.25) is 0 Å². The number of nitrogens with two attached hydrogens (primary N) is 1. The van der Waals surface area contributed by atoms with Crippen LogP contribution in [-0.4, -0.2) is 231 Å². The van der Waals surface area contributed by atoms with E-state index in [1.807, 2.05) is 12.5 Å². The van der Waals surface area contributed by atoms with Crippen molar-refractivity contribution in [3.63, 3.8) is 0 Å². The molecule has 0 aromatic carbocycles. The molecule has 0 radical (unpaired) electrons. The highest BCUT2D eigenvalue weighted by atomic mass is 35.5. The number of aromatic nitrogens is 7. The van der Waals surface area contributed by atoms with Gasteiger partial charge in [-0.05, 0) is 96.9 Å². The van der Waals surface area contributed by atoms with Crippen LogP contribution in [-0.2, 0) is 54.5 Å². The molecule has 6 atom stereocenters. The van der Waals surface area contributed by atoms with Gasteiger partial charge in [0.1, 0.15) is 40.6 Å². The molecule has 0 fully saturated rings. The Morgan fingerprint density at radius 2 is 0.821 bits per heavy atom. The van der Waals surface area contributed by atoms with Crippen LogP contribution in [0, 0.1) is 0 Å². The SMILES string of the molecule is CSCC(N)C(=O)O.CSCC(Nc1cc2ncccc2o1)C(=O)O.Cl.Cl.Cl.Cl.ClCCl.Clc1nc2ncccc2o1.O=C(O)[C@@H]1CSC(Cc2ncccc2O)=N1.O=C(O)[C@@H]1CSC(Cc2ncccc2O)=N1.O=C(O)[C@H]1CSC(Cc2ncccc2O)=N1.O=C(O)[C@H]1CSC(Cc2ncccc2O)=N1. The summed E-state index contributed by atoms with van der Waals surface area (Å²) in [6.45, 7) is 0. The molecule has 0 spiro atoms.